The number of carbonyl (C=O) groups is 5. The smallest absolute Gasteiger partial charge is 0.389 e. The second-order valence-electron chi connectivity index (χ2n) is 10.4. The van der Waals surface area contributed by atoms with Crippen LogP contribution in [0.15, 0.2) is 24.3 Å². The highest BCUT2D eigenvalue weighted by Crippen LogP contribution is 2.30. The summed E-state index contributed by atoms with van der Waals surface area (Å²) in [6.07, 6.45) is -3.49. The summed E-state index contributed by atoms with van der Waals surface area (Å²) in [7, 11) is 0. The fourth-order valence-electron chi connectivity index (χ4n) is 4.00. The highest BCUT2D eigenvalue weighted by atomic mass is 19.4. The van der Waals surface area contributed by atoms with Gasteiger partial charge in [-0.25, -0.2) is 0 Å². The number of hydrogen-bond acceptors (Lipinski definition) is 6. The molecular formula is C25H33F3N4O6. The number of halogens is 3. The van der Waals surface area contributed by atoms with Crippen LogP contribution in [0.1, 0.15) is 52.0 Å². The zero-order chi connectivity index (χ0) is 28.7. The first-order chi connectivity index (χ1) is 17.6. The minimum atomic E-state index is -4.65. The van der Waals surface area contributed by atoms with E-state index >= 15 is 0 Å². The lowest BCUT2D eigenvalue weighted by atomic mass is 9.87. The van der Waals surface area contributed by atoms with E-state index < -0.39 is 65.3 Å². The number of benzene rings is 1. The molecule has 0 radical (unpaired) electrons. The van der Waals surface area contributed by atoms with Gasteiger partial charge in [0.25, 0.3) is 0 Å². The van der Waals surface area contributed by atoms with E-state index in [1.807, 2.05) is 0 Å². The first-order valence-electron chi connectivity index (χ1n) is 12.1. The maximum Gasteiger partial charge on any atom is 0.416 e. The summed E-state index contributed by atoms with van der Waals surface area (Å²) in [4.78, 5) is 62.6. The molecule has 210 valence electrons. The molecule has 3 atom stereocenters. The molecule has 0 unspecified atom stereocenters. The molecule has 1 saturated heterocycles. The van der Waals surface area contributed by atoms with Gasteiger partial charge in [-0.1, -0.05) is 26.8 Å². The molecule has 10 nitrogen and oxygen atoms in total. The van der Waals surface area contributed by atoms with Gasteiger partial charge < -0.3 is 26.4 Å². The van der Waals surface area contributed by atoms with Gasteiger partial charge in [-0.2, -0.15) is 13.2 Å². The molecule has 0 aromatic heterocycles. The molecule has 0 bridgehead atoms. The Hall–Kier alpha value is -3.48. The Morgan fingerprint density at radius 2 is 1.76 bits per heavy atom. The summed E-state index contributed by atoms with van der Waals surface area (Å²) in [6, 6.07) is 1.20. The van der Waals surface area contributed by atoms with E-state index in [9.17, 15) is 42.3 Å². The summed E-state index contributed by atoms with van der Waals surface area (Å²) < 4.78 is 38.8. The topological polar surface area (TPSA) is 154 Å². The van der Waals surface area contributed by atoms with Gasteiger partial charge >= 0.3 is 18.0 Å². The number of rotatable bonds is 9. The van der Waals surface area contributed by atoms with E-state index in [4.69, 9.17) is 0 Å². The number of alkyl halides is 3. The lowest BCUT2D eigenvalue weighted by molar-refractivity contribution is -0.139. The fraction of sp³-hybridized carbons (Fsp3) is 0.560. The Morgan fingerprint density at radius 1 is 1.08 bits per heavy atom. The number of aliphatic hydroxyl groups is 1. The SMILES string of the molecule is CC(C)(C)C[C@H](NC(=O)C(=O)Nc1cccc(C(F)(F)F)c1)C(=O)N[C@@H](C[C@@H]1CCCNC1=O)C(=O)CO. The molecule has 1 aliphatic rings. The van der Waals surface area contributed by atoms with Crippen molar-refractivity contribution in [1.29, 1.82) is 0 Å². The number of nitrogens with one attached hydrogen (secondary N) is 4. The third kappa shape index (κ3) is 9.43. The summed E-state index contributed by atoms with van der Waals surface area (Å²) in [5.74, 6) is -4.94. The lowest BCUT2D eigenvalue weighted by Crippen LogP contribution is -2.55. The van der Waals surface area contributed by atoms with Crippen molar-refractivity contribution in [3.8, 4) is 0 Å². The molecule has 38 heavy (non-hydrogen) atoms. The zero-order valence-electron chi connectivity index (χ0n) is 21.4. The average Bonchev–Trinajstić information content (AvgIpc) is 2.82. The van der Waals surface area contributed by atoms with Crippen LogP contribution < -0.4 is 21.3 Å². The number of anilines is 1. The highest BCUT2D eigenvalue weighted by molar-refractivity contribution is 6.40. The molecule has 1 fully saturated rings. The van der Waals surface area contributed by atoms with Crippen molar-refractivity contribution in [1.82, 2.24) is 16.0 Å². The van der Waals surface area contributed by atoms with Gasteiger partial charge in [0.15, 0.2) is 5.78 Å². The van der Waals surface area contributed by atoms with Crippen molar-refractivity contribution in [2.24, 2.45) is 11.3 Å². The van der Waals surface area contributed by atoms with Crippen LogP contribution in [-0.2, 0) is 30.1 Å². The molecule has 13 heteroatoms. The minimum absolute atomic E-state index is 0.0331. The van der Waals surface area contributed by atoms with Crippen LogP contribution in [0.5, 0.6) is 0 Å². The molecular weight excluding hydrogens is 509 g/mol. The summed E-state index contributed by atoms with van der Waals surface area (Å²) in [5.41, 5.74) is -1.82. The maximum atomic E-state index is 13.1. The normalized spacial score (nSPS) is 17.6. The van der Waals surface area contributed by atoms with Gasteiger partial charge in [-0.15, -0.1) is 0 Å². The maximum absolute atomic E-state index is 13.1. The molecule has 5 N–H and O–H groups in total. The second-order valence-corrected chi connectivity index (χ2v) is 10.4. The quantitative estimate of drug-likeness (QED) is 0.298. The largest absolute Gasteiger partial charge is 0.416 e. The van der Waals surface area contributed by atoms with Crippen LogP contribution in [0.4, 0.5) is 18.9 Å². The van der Waals surface area contributed by atoms with Crippen molar-refractivity contribution in [2.75, 3.05) is 18.5 Å². The monoisotopic (exact) mass is 542 g/mol. The van der Waals surface area contributed by atoms with E-state index in [1.165, 1.54) is 6.07 Å². The predicted molar refractivity (Wildman–Crippen MR) is 130 cm³/mol. The molecule has 1 aromatic carbocycles. The van der Waals surface area contributed by atoms with E-state index in [-0.39, 0.29) is 24.4 Å². The third-order valence-electron chi connectivity index (χ3n) is 5.87. The zero-order valence-corrected chi connectivity index (χ0v) is 21.4. The highest BCUT2D eigenvalue weighted by Gasteiger charge is 2.34. The van der Waals surface area contributed by atoms with Crippen LogP contribution in [-0.4, -0.2) is 59.8 Å². The third-order valence-corrected chi connectivity index (χ3v) is 5.87. The Labute approximate surface area is 218 Å². The predicted octanol–water partition coefficient (Wildman–Crippen LogP) is 1.53. The van der Waals surface area contributed by atoms with Crippen molar-refractivity contribution in [2.45, 2.75) is 64.7 Å². The number of ketones is 1. The van der Waals surface area contributed by atoms with E-state index in [1.54, 1.807) is 20.8 Å². The number of piperidine rings is 1. The number of carbonyl (C=O) groups excluding carboxylic acids is 5. The molecule has 1 aliphatic heterocycles. The first-order valence-corrected chi connectivity index (χ1v) is 12.1. The Morgan fingerprint density at radius 3 is 2.34 bits per heavy atom. The minimum Gasteiger partial charge on any atom is -0.389 e. The Balaban J connectivity index is 2.15. The number of amides is 4. The molecule has 0 spiro atoms. The molecule has 0 aliphatic carbocycles. The van der Waals surface area contributed by atoms with Crippen LogP contribution in [0.2, 0.25) is 0 Å². The van der Waals surface area contributed by atoms with Gasteiger partial charge in [-0.05, 0) is 49.3 Å². The molecule has 1 aromatic rings. The van der Waals surface area contributed by atoms with E-state index in [0.717, 1.165) is 12.1 Å². The van der Waals surface area contributed by atoms with Crippen LogP contribution in [0.3, 0.4) is 0 Å². The molecule has 4 amide bonds. The average molecular weight is 543 g/mol. The van der Waals surface area contributed by atoms with E-state index in [0.29, 0.717) is 25.5 Å². The molecule has 1 heterocycles. The summed E-state index contributed by atoms with van der Waals surface area (Å²) in [5, 5.41) is 18.9. The molecule has 0 saturated carbocycles. The number of aliphatic hydroxyl groups excluding tert-OH is 1. The van der Waals surface area contributed by atoms with Crippen molar-refractivity contribution in [3.05, 3.63) is 29.8 Å². The first kappa shape index (κ1) is 30.7. The van der Waals surface area contributed by atoms with Crippen LogP contribution in [0, 0.1) is 11.3 Å². The van der Waals surface area contributed by atoms with Crippen molar-refractivity contribution < 1.29 is 42.3 Å². The lowest BCUT2D eigenvalue weighted by Gasteiger charge is -2.29. The van der Waals surface area contributed by atoms with Crippen LogP contribution >= 0.6 is 0 Å². The van der Waals surface area contributed by atoms with Gasteiger partial charge in [0.2, 0.25) is 11.8 Å². The standard InChI is InChI=1S/C25H33F3N4O6/c1-24(2,3)12-18(21(36)31-17(19(34)13-33)10-14-6-5-9-29-20(14)35)32-23(38)22(37)30-16-8-4-7-15(11-16)25(26,27)28/h4,7-8,11,14,17-18,33H,5-6,9-10,12-13H2,1-3H3,(H,29,35)(H,30,37)(H,31,36)(H,32,38)/t14-,17-,18-/m0/s1. The Kier molecular flexibility index (Phi) is 10.4. The van der Waals surface area contributed by atoms with Crippen LogP contribution in [0.25, 0.3) is 0 Å². The van der Waals surface area contributed by atoms with E-state index in [2.05, 4.69) is 21.3 Å². The molecule has 2 rings (SSSR count). The van der Waals surface area contributed by atoms with Crippen molar-refractivity contribution >= 4 is 35.1 Å². The van der Waals surface area contributed by atoms with Gasteiger partial charge in [-0.3, -0.25) is 24.0 Å². The fourth-order valence-corrected chi connectivity index (χ4v) is 4.00. The second kappa shape index (κ2) is 12.9. The number of Topliss-reactive ketones (excluding diaryl/α,β-unsaturated/α-hetero) is 1. The van der Waals surface area contributed by atoms with Gasteiger partial charge in [0.1, 0.15) is 12.6 Å². The summed E-state index contributed by atoms with van der Waals surface area (Å²) >= 11 is 0. The van der Waals surface area contributed by atoms with Gasteiger partial charge in [0.05, 0.1) is 11.6 Å². The van der Waals surface area contributed by atoms with Gasteiger partial charge in [0, 0.05) is 18.2 Å². The Bertz CT molecular complexity index is 1050. The number of hydrogen-bond donors (Lipinski definition) is 5. The van der Waals surface area contributed by atoms with Crippen molar-refractivity contribution in [3.63, 3.8) is 0 Å². The summed E-state index contributed by atoms with van der Waals surface area (Å²) in [6.45, 7) is 4.93.